The molecule has 0 radical (unpaired) electrons. The van der Waals surface area contributed by atoms with Gasteiger partial charge in [-0.3, -0.25) is 19.7 Å². The van der Waals surface area contributed by atoms with Gasteiger partial charge in [0.15, 0.2) is 6.61 Å². The second-order valence-corrected chi connectivity index (χ2v) is 5.55. The summed E-state index contributed by atoms with van der Waals surface area (Å²) < 4.78 is 5.31. The Hall–Kier alpha value is -3.13. The van der Waals surface area contributed by atoms with Gasteiger partial charge in [0.25, 0.3) is 17.5 Å². The number of anilines is 1. The molecule has 0 heterocycles. The van der Waals surface area contributed by atoms with Crippen molar-refractivity contribution in [2.24, 2.45) is 0 Å². The SMILES string of the molecule is CCNC(=O)COc1ccc(NC(=O)c2cc([N+](=O)[O-])ccc2Cl)cc1. The zero-order valence-corrected chi connectivity index (χ0v) is 14.6. The van der Waals surface area contributed by atoms with E-state index >= 15 is 0 Å². The fourth-order valence-electron chi connectivity index (χ4n) is 2.03. The molecule has 2 amide bonds. The van der Waals surface area contributed by atoms with Gasteiger partial charge in [0, 0.05) is 24.4 Å². The molecule has 0 unspecified atom stereocenters. The Labute approximate surface area is 154 Å². The lowest BCUT2D eigenvalue weighted by molar-refractivity contribution is -0.384. The number of likely N-dealkylation sites (N-methyl/N-ethyl adjacent to an activating group) is 1. The Morgan fingerprint density at radius 2 is 1.88 bits per heavy atom. The van der Waals surface area contributed by atoms with Gasteiger partial charge in [-0.15, -0.1) is 0 Å². The Morgan fingerprint density at radius 1 is 1.19 bits per heavy atom. The van der Waals surface area contributed by atoms with E-state index in [0.29, 0.717) is 18.0 Å². The summed E-state index contributed by atoms with van der Waals surface area (Å²) in [4.78, 5) is 33.8. The summed E-state index contributed by atoms with van der Waals surface area (Å²) in [5, 5.41) is 16.1. The lowest BCUT2D eigenvalue weighted by atomic mass is 10.2. The highest BCUT2D eigenvalue weighted by Gasteiger charge is 2.16. The number of nitro groups is 1. The minimum atomic E-state index is -0.603. The number of carbonyl (C=O) groups is 2. The first-order valence-electron chi connectivity index (χ1n) is 7.65. The summed E-state index contributed by atoms with van der Waals surface area (Å²) in [5.74, 6) is -0.345. The van der Waals surface area contributed by atoms with Crippen LogP contribution in [0.1, 0.15) is 17.3 Å². The zero-order chi connectivity index (χ0) is 19.1. The van der Waals surface area contributed by atoms with Crippen molar-refractivity contribution in [2.45, 2.75) is 6.92 Å². The zero-order valence-electron chi connectivity index (χ0n) is 13.8. The van der Waals surface area contributed by atoms with Crippen molar-refractivity contribution in [2.75, 3.05) is 18.5 Å². The van der Waals surface area contributed by atoms with Crippen LogP contribution >= 0.6 is 11.6 Å². The first-order chi connectivity index (χ1) is 12.4. The Bertz CT molecular complexity index is 824. The van der Waals surface area contributed by atoms with E-state index in [1.165, 1.54) is 12.1 Å². The molecule has 0 saturated heterocycles. The molecule has 0 bridgehead atoms. The number of hydrogen-bond donors (Lipinski definition) is 2. The molecule has 0 aliphatic rings. The molecule has 26 heavy (non-hydrogen) atoms. The van der Waals surface area contributed by atoms with E-state index in [0.717, 1.165) is 6.07 Å². The highest BCUT2D eigenvalue weighted by molar-refractivity contribution is 6.34. The Kier molecular flexibility index (Phi) is 6.51. The third-order valence-corrected chi connectivity index (χ3v) is 3.59. The van der Waals surface area contributed by atoms with Crippen molar-refractivity contribution in [3.63, 3.8) is 0 Å². The minimum absolute atomic E-state index is 0.00238. The maximum atomic E-state index is 12.3. The van der Waals surface area contributed by atoms with E-state index in [9.17, 15) is 19.7 Å². The number of carbonyl (C=O) groups excluding carboxylic acids is 2. The van der Waals surface area contributed by atoms with Crippen molar-refractivity contribution in [1.82, 2.24) is 5.32 Å². The van der Waals surface area contributed by atoms with E-state index in [1.54, 1.807) is 24.3 Å². The van der Waals surface area contributed by atoms with Gasteiger partial charge in [0.05, 0.1) is 15.5 Å². The number of benzene rings is 2. The fraction of sp³-hybridized carbons (Fsp3) is 0.176. The largest absolute Gasteiger partial charge is 0.484 e. The molecular weight excluding hydrogens is 362 g/mol. The molecular formula is C17H16ClN3O5. The van der Waals surface area contributed by atoms with Gasteiger partial charge >= 0.3 is 0 Å². The molecule has 0 aromatic heterocycles. The minimum Gasteiger partial charge on any atom is -0.484 e. The van der Waals surface area contributed by atoms with Gasteiger partial charge in [-0.1, -0.05) is 11.6 Å². The Balaban J connectivity index is 2.02. The molecule has 0 fully saturated rings. The summed E-state index contributed by atoms with van der Waals surface area (Å²) in [6.07, 6.45) is 0. The molecule has 0 aliphatic carbocycles. The predicted octanol–water partition coefficient (Wildman–Crippen LogP) is 3.02. The van der Waals surface area contributed by atoms with Gasteiger partial charge in [0.1, 0.15) is 5.75 Å². The van der Waals surface area contributed by atoms with Crippen molar-refractivity contribution >= 4 is 34.8 Å². The molecule has 0 aliphatic heterocycles. The van der Waals surface area contributed by atoms with Crippen LogP contribution in [-0.2, 0) is 4.79 Å². The van der Waals surface area contributed by atoms with Crippen LogP contribution in [0, 0.1) is 10.1 Å². The lowest BCUT2D eigenvalue weighted by Crippen LogP contribution is -2.28. The Morgan fingerprint density at radius 3 is 2.50 bits per heavy atom. The molecule has 2 N–H and O–H groups in total. The fourth-order valence-corrected chi connectivity index (χ4v) is 2.23. The van der Waals surface area contributed by atoms with E-state index in [4.69, 9.17) is 16.3 Å². The van der Waals surface area contributed by atoms with Crippen molar-refractivity contribution < 1.29 is 19.2 Å². The number of nitro benzene ring substituents is 1. The molecule has 8 nitrogen and oxygen atoms in total. The lowest BCUT2D eigenvalue weighted by Gasteiger charge is -2.09. The molecule has 0 atom stereocenters. The maximum Gasteiger partial charge on any atom is 0.270 e. The molecule has 136 valence electrons. The number of non-ortho nitro benzene ring substituents is 1. The summed E-state index contributed by atoms with van der Waals surface area (Å²) in [6.45, 7) is 2.22. The number of amides is 2. The van der Waals surface area contributed by atoms with Crippen LogP contribution < -0.4 is 15.4 Å². The summed E-state index contributed by atoms with van der Waals surface area (Å²) in [5.41, 5.74) is 0.217. The van der Waals surface area contributed by atoms with Crippen LogP contribution in [0.4, 0.5) is 11.4 Å². The van der Waals surface area contributed by atoms with Crippen LogP contribution in [-0.4, -0.2) is 29.9 Å². The number of ether oxygens (including phenoxy) is 1. The first kappa shape index (κ1) is 19.2. The summed E-state index contributed by atoms with van der Waals surface area (Å²) >= 11 is 5.94. The van der Waals surface area contributed by atoms with Gasteiger partial charge in [-0.05, 0) is 37.3 Å². The monoisotopic (exact) mass is 377 g/mol. The van der Waals surface area contributed by atoms with E-state index in [2.05, 4.69) is 10.6 Å². The van der Waals surface area contributed by atoms with Gasteiger partial charge in [-0.25, -0.2) is 0 Å². The second kappa shape index (κ2) is 8.82. The van der Waals surface area contributed by atoms with E-state index in [1.807, 2.05) is 6.92 Å². The molecule has 0 spiro atoms. The van der Waals surface area contributed by atoms with E-state index < -0.39 is 10.8 Å². The average Bonchev–Trinajstić information content (AvgIpc) is 2.61. The van der Waals surface area contributed by atoms with Crippen LogP contribution in [0.15, 0.2) is 42.5 Å². The predicted molar refractivity (Wildman–Crippen MR) is 96.7 cm³/mol. The normalized spacial score (nSPS) is 10.1. The van der Waals surface area contributed by atoms with Crippen LogP contribution in [0.3, 0.4) is 0 Å². The van der Waals surface area contributed by atoms with Crippen LogP contribution in [0.25, 0.3) is 0 Å². The molecule has 2 aromatic carbocycles. The highest BCUT2D eigenvalue weighted by Crippen LogP contribution is 2.23. The number of nitrogens with one attached hydrogen (secondary N) is 2. The summed E-state index contributed by atoms with van der Waals surface area (Å²) in [6, 6.07) is 9.97. The van der Waals surface area contributed by atoms with Gasteiger partial charge in [0.2, 0.25) is 0 Å². The number of nitrogens with zero attached hydrogens (tertiary/aromatic N) is 1. The third kappa shape index (κ3) is 5.18. The number of rotatable bonds is 7. The first-order valence-corrected chi connectivity index (χ1v) is 8.03. The third-order valence-electron chi connectivity index (χ3n) is 3.26. The van der Waals surface area contributed by atoms with Crippen molar-refractivity contribution in [3.8, 4) is 5.75 Å². The maximum absolute atomic E-state index is 12.3. The highest BCUT2D eigenvalue weighted by atomic mass is 35.5. The topological polar surface area (TPSA) is 111 Å². The molecule has 0 saturated carbocycles. The smallest absolute Gasteiger partial charge is 0.270 e. The van der Waals surface area contributed by atoms with Gasteiger partial charge in [-0.2, -0.15) is 0 Å². The molecule has 2 rings (SSSR count). The number of hydrogen-bond acceptors (Lipinski definition) is 5. The van der Waals surface area contributed by atoms with Crippen molar-refractivity contribution in [3.05, 3.63) is 63.2 Å². The van der Waals surface area contributed by atoms with Crippen LogP contribution in [0.2, 0.25) is 5.02 Å². The molecule has 9 heteroatoms. The van der Waals surface area contributed by atoms with Gasteiger partial charge < -0.3 is 15.4 Å². The number of halogens is 1. The van der Waals surface area contributed by atoms with E-state index in [-0.39, 0.29) is 28.8 Å². The molecule has 2 aromatic rings. The van der Waals surface area contributed by atoms with Crippen LogP contribution in [0.5, 0.6) is 5.75 Å². The average molecular weight is 378 g/mol. The standard InChI is InChI=1S/C17H16ClN3O5/c1-2-19-16(22)10-26-13-6-3-11(4-7-13)20-17(23)14-9-12(21(24)25)5-8-15(14)18/h3-9H,2,10H2,1H3,(H,19,22)(H,20,23). The second-order valence-electron chi connectivity index (χ2n) is 5.14. The summed E-state index contributed by atoms with van der Waals surface area (Å²) in [7, 11) is 0. The quantitative estimate of drug-likeness (QED) is 0.569. The van der Waals surface area contributed by atoms with Crippen molar-refractivity contribution in [1.29, 1.82) is 0 Å².